The van der Waals surface area contributed by atoms with Gasteiger partial charge in [-0.15, -0.1) is 0 Å². The van der Waals surface area contributed by atoms with Crippen molar-refractivity contribution < 1.29 is 9.18 Å². The number of aryl methyl sites for hydroxylation is 1. The normalized spacial score (nSPS) is 12.5. The van der Waals surface area contributed by atoms with Gasteiger partial charge in [-0.3, -0.25) is 4.79 Å². The molecule has 23 heavy (non-hydrogen) atoms. The van der Waals surface area contributed by atoms with E-state index in [-0.39, 0.29) is 17.8 Å². The third kappa shape index (κ3) is 2.94. The van der Waals surface area contributed by atoms with Gasteiger partial charge in [-0.2, -0.15) is 5.10 Å². The molecule has 0 bridgehead atoms. The average Bonchev–Trinajstić information content (AvgIpc) is 3.19. The third-order valence-electron chi connectivity index (χ3n) is 3.90. The Hall–Kier alpha value is -2.70. The number of aromatic amines is 1. The molecule has 0 spiro atoms. The number of fused-ring (bicyclic) bond motifs is 1. The Morgan fingerprint density at radius 1 is 1.48 bits per heavy atom. The van der Waals surface area contributed by atoms with Gasteiger partial charge in [-0.1, -0.05) is 6.92 Å². The van der Waals surface area contributed by atoms with Crippen LogP contribution < -0.4 is 5.32 Å². The van der Waals surface area contributed by atoms with E-state index in [4.69, 9.17) is 0 Å². The Bertz CT molecular complexity index is 824. The van der Waals surface area contributed by atoms with Gasteiger partial charge >= 0.3 is 0 Å². The highest BCUT2D eigenvalue weighted by Gasteiger charge is 2.17. The van der Waals surface area contributed by atoms with E-state index in [1.54, 1.807) is 17.1 Å². The van der Waals surface area contributed by atoms with Crippen molar-refractivity contribution in [2.45, 2.75) is 26.3 Å². The molecule has 0 aliphatic heterocycles. The van der Waals surface area contributed by atoms with E-state index in [1.165, 1.54) is 18.5 Å². The van der Waals surface area contributed by atoms with Crippen LogP contribution in [-0.4, -0.2) is 32.2 Å². The highest BCUT2D eigenvalue weighted by atomic mass is 19.1. The van der Waals surface area contributed by atoms with Crippen molar-refractivity contribution in [1.82, 2.24) is 25.1 Å². The molecule has 0 radical (unpaired) electrons. The molecule has 6 nitrogen and oxygen atoms in total. The van der Waals surface area contributed by atoms with E-state index in [0.29, 0.717) is 18.7 Å². The van der Waals surface area contributed by atoms with Crippen LogP contribution in [0.5, 0.6) is 0 Å². The van der Waals surface area contributed by atoms with Crippen LogP contribution in [0, 0.1) is 5.82 Å². The van der Waals surface area contributed by atoms with Gasteiger partial charge in [-0.25, -0.2) is 14.1 Å². The van der Waals surface area contributed by atoms with Crippen LogP contribution in [0.4, 0.5) is 4.39 Å². The van der Waals surface area contributed by atoms with Gasteiger partial charge in [-0.05, 0) is 37.1 Å². The van der Waals surface area contributed by atoms with Crippen molar-refractivity contribution in [3.8, 4) is 0 Å². The van der Waals surface area contributed by atoms with Gasteiger partial charge in [0.2, 0.25) is 0 Å². The molecule has 120 valence electrons. The minimum Gasteiger partial charge on any atom is -0.350 e. The molecule has 3 rings (SSSR count). The number of benzene rings is 1. The number of nitrogens with zero attached hydrogens (tertiary/aromatic N) is 3. The number of hydrogen-bond acceptors (Lipinski definition) is 3. The van der Waals surface area contributed by atoms with Crippen molar-refractivity contribution in [3.63, 3.8) is 0 Å². The fourth-order valence-corrected chi connectivity index (χ4v) is 2.65. The summed E-state index contributed by atoms with van der Waals surface area (Å²) >= 11 is 0. The molecule has 0 saturated heterocycles. The standard InChI is InChI=1S/C16H18FN5O/c1-3-12-13-6-11(17)4-5-14(13)21-15(12)16(23)19-7-10(2)22-9-18-8-20-22/h4-6,8-10,21H,3,7H2,1-2H3,(H,19,23)/t10-/m0/s1. The lowest BCUT2D eigenvalue weighted by Gasteiger charge is -2.12. The molecule has 0 aliphatic rings. The molecule has 0 saturated carbocycles. The highest BCUT2D eigenvalue weighted by molar-refractivity contribution is 6.01. The number of H-pyrrole nitrogens is 1. The molecule has 1 aromatic carbocycles. The molecule has 7 heteroatoms. The Balaban J connectivity index is 1.80. The molecular weight excluding hydrogens is 297 g/mol. The lowest BCUT2D eigenvalue weighted by molar-refractivity contribution is 0.0943. The summed E-state index contributed by atoms with van der Waals surface area (Å²) < 4.78 is 15.1. The molecular formula is C16H18FN5O. The SMILES string of the molecule is CCc1c(C(=O)NC[C@H](C)n2cncn2)[nH]c2ccc(F)cc12. The molecule has 1 atom stereocenters. The molecule has 1 amide bonds. The fourth-order valence-electron chi connectivity index (χ4n) is 2.65. The molecule has 2 heterocycles. The number of amides is 1. The quantitative estimate of drug-likeness (QED) is 0.759. The second-order valence-corrected chi connectivity index (χ2v) is 5.46. The summed E-state index contributed by atoms with van der Waals surface area (Å²) in [5.41, 5.74) is 2.07. The van der Waals surface area contributed by atoms with E-state index >= 15 is 0 Å². The van der Waals surface area contributed by atoms with Crippen molar-refractivity contribution in [2.75, 3.05) is 6.54 Å². The van der Waals surface area contributed by atoms with Crippen LogP contribution in [0.1, 0.15) is 35.9 Å². The maximum atomic E-state index is 13.4. The lowest BCUT2D eigenvalue weighted by Crippen LogP contribution is -2.30. The summed E-state index contributed by atoms with van der Waals surface area (Å²) in [4.78, 5) is 19.4. The molecule has 0 fully saturated rings. The third-order valence-corrected chi connectivity index (χ3v) is 3.90. The maximum Gasteiger partial charge on any atom is 0.268 e. The summed E-state index contributed by atoms with van der Waals surface area (Å²) in [6, 6.07) is 4.48. The van der Waals surface area contributed by atoms with Crippen molar-refractivity contribution in [1.29, 1.82) is 0 Å². The van der Waals surface area contributed by atoms with E-state index in [2.05, 4.69) is 20.4 Å². The Morgan fingerprint density at radius 3 is 3.00 bits per heavy atom. The Kier molecular flexibility index (Phi) is 4.10. The fraction of sp³-hybridized carbons (Fsp3) is 0.312. The van der Waals surface area contributed by atoms with Gasteiger partial charge in [0.1, 0.15) is 24.2 Å². The monoisotopic (exact) mass is 315 g/mol. The predicted octanol–water partition coefficient (Wildman–Crippen LogP) is 2.45. The van der Waals surface area contributed by atoms with Crippen LogP contribution >= 0.6 is 0 Å². The van der Waals surface area contributed by atoms with E-state index < -0.39 is 0 Å². The summed E-state index contributed by atoms with van der Waals surface area (Å²) in [7, 11) is 0. The topological polar surface area (TPSA) is 75.6 Å². The summed E-state index contributed by atoms with van der Waals surface area (Å²) in [5, 5.41) is 7.69. The van der Waals surface area contributed by atoms with Crippen LogP contribution in [0.2, 0.25) is 0 Å². The number of aromatic nitrogens is 4. The Morgan fingerprint density at radius 2 is 2.30 bits per heavy atom. The van der Waals surface area contributed by atoms with Crippen molar-refractivity contribution in [2.24, 2.45) is 0 Å². The van der Waals surface area contributed by atoms with E-state index in [9.17, 15) is 9.18 Å². The smallest absolute Gasteiger partial charge is 0.268 e. The van der Waals surface area contributed by atoms with Crippen LogP contribution in [0.25, 0.3) is 10.9 Å². The first-order valence-corrected chi connectivity index (χ1v) is 7.52. The van der Waals surface area contributed by atoms with Crippen molar-refractivity contribution in [3.05, 3.63) is 47.9 Å². The molecule has 2 aromatic heterocycles. The molecule has 3 aromatic rings. The summed E-state index contributed by atoms with van der Waals surface area (Å²) in [6.45, 7) is 4.31. The van der Waals surface area contributed by atoms with Crippen LogP contribution in [-0.2, 0) is 6.42 Å². The van der Waals surface area contributed by atoms with Gasteiger partial charge in [0.05, 0.1) is 6.04 Å². The number of halogens is 1. The first-order valence-electron chi connectivity index (χ1n) is 7.52. The van der Waals surface area contributed by atoms with E-state index in [1.807, 2.05) is 13.8 Å². The number of carbonyl (C=O) groups is 1. The zero-order chi connectivity index (χ0) is 16.4. The number of nitrogens with one attached hydrogen (secondary N) is 2. The summed E-state index contributed by atoms with van der Waals surface area (Å²) in [6.07, 6.45) is 3.71. The van der Waals surface area contributed by atoms with Gasteiger partial charge in [0, 0.05) is 17.4 Å². The number of carbonyl (C=O) groups excluding carboxylic acids is 1. The van der Waals surface area contributed by atoms with Crippen molar-refractivity contribution >= 4 is 16.8 Å². The largest absolute Gasteiger partial charge is 0.350 e. The zero-order valence-corrected chi connectivity index (χ0v) is 13.0. The molecule has 0 unspecified atom stereocenters. The first-order chi connectivity index (χ1) is 11.1. The number of rotatable bonds is 5. The minimum absolute atomic E-state index is 0.00616. The summed E-state index contributed by atoms with van der Waals surface area (Å²) in [5.74, 6) is -0.511. The van der Waals surface area contributed by atoms with Gasteiger partial charge in [0.25, 0.3) is 5.91 Å². The zero-order valence-electron chi connectivity index (χ0n) is 13.0. The first kappa shape index (κ1) is 15.2. The molecule has 2 N–H and O–H groups in total. The van der Waals surface area contributed by atoms with Gasteiger partial charge in [0.15, 0.2) is 0 Å². The number of hydrogen-bond donors (Lipinski definition) is 2. The second kappa shape index (κ2) is 6.20. The van der Waals surface area contributed by atoms with Gasteiger partial charge < -0.3 is 10.3 Å². The lowest BCUT2D eigenvalue weighted by atomic mass is 10.1. The maximum absolute atomic E-state index is 13.4. The predicted molar refractivity (Wildman–Crippen MR) is 84.7 cm³/mol. The van der Waals surface area contributed by atoms with Crippen LogP contribution in [0.3, 0.4) is 0 Å². The van der Waals surface area contributed by atoms with E-state index in [0.717, 1.165) is 16.5 Å². The average molecular weight is 315 g/mol. The Labute approximate surface area is 132 Å². The minimum atomic E-state index is -0.307. The van der Waals surface area contributed by atoms with Crippen LogP contribution in [0.15, 0.2) is 30.9 Å². The molecule has 0 aliphatic carbocycles. The second-order valence-electron chi connectivity index (χ2n) is 5.46. The highest BCUT2D eigenvalue weighted by Crippen LogP contribution is 2.24.